The molecule has 1 heterocycles. The Bertz CT molecular complexity index is 299. The first-order valence-corrected chi connectivity index (χ1v) is 7.80. The lowest BCUT2D eigenvalue weighted by molar-refractivity contribution is 0.523. The van der Waals surface area contributed by atoms with Gasteiger partial charge in [-0.15, -0.1) is 0 Å². The van der Waals surface area contributed by atoms with Crippen molar-refractivity contribution in [2.75, 3.05) is 17.3 Å². The van der Waals surface area contributed by atoms with E-state index in [-0.39, 0.29) is 0 Å². The second-order valence-corrected chi connectivity index (χ2v) is 6.44. The molecule has 2 rings (SSSR count). The molecule has 1 saturated heterocycles. The molecule has 1 aromatic rings. The van der Waals surface area contributed by atoms with Gasteiger partial charge >= 0.3 is 0 Å². The Hall–Kier alpha value is -0.160. The minimum atomic E-state index is 0.389. The minimum Gasteiger partial charge on any atom is -0.271 e. The van der Waals surface area contributed by atoms with Gasteiger partial charge < -0.3 is 0 Å². The zero-order valence-electron chi connectivity index (χ0n) is 9.26. The van der Waals surface area contributed by atoms with Crippen LogP contribution in [0.5, 0.6) is 0 Å². The molecule has 2 nitrogen and oxygen atoms in total. The first-order chi connectivity index (χ1) is 7.90. The van der Waals surface area contributed by atoms with Crippen LogP contribution in [-0.4, -0.2) is 28.6 Å². The fraction of sp³-hybridized carbons (Fsp3) is 0.500. The molecule has 0 aromatic heterocycles. The third-order valence-electron chi connectivity index (χ3n) is 2.80. The van der Waals surface area contributed by atoms with E-state index >= 15 is 0 Å². The molecule has 0 bridgehead atoms. The van der Waals surface area contributed by atoms with E-state index in [0.717, 1.165) is 6.42 Å². The van der Waals surface area contributed by atoms with Gasteiger partial charge in [0, 0.05) is 28.6 Å². The molecule has 0 saturated carbocycles. The molecular weight excluding hydrogens is 236 g/mol. The first-order valence-electron chi connectivity index (χ1n) is 5.59. The van der Waals surface area contributed by atoms with Crippen LogP contribution >= 0.6 is 23.5 Å². The standard InChI is InChI=1S/C12H18N2S2/c13-14-11(12-9-15-6-7-16-12)8-10-4-2-1-3-5-10/h1-5,11-12,14H,6-9,13H2. The maximum atomic E-state index is 5.68. The van der Waals surface area contributed by atoms with Crippen molar-refractivity contribution >= 4 is 23.5 Å². The van der Waals surface area contributed by atoms with Gasteiger partial charge in [0.15, 0.2) is 0 Å². The summed E-state index contributed by atoms with van der Waals surface area (Å²) in [5.74, 6) is 9.43. The average molecular weight is 254 g/mol. The molecule has 0 radical (unpaired) electrons. The normalized spacial score (nSPS) is 22.9. The molecule has 0 aliphatic carbocycles. The number of nitrogens with one attached hydrogen (secondary N) is 1. The lowest BCUT2D eigenvalue weighted by Crippen LogP contribution is -2.46. The Labute approximate surface area is 106 Å². The molecule has 1 fully saturated rings. The molecule has 4 heteroatoms. The van der Waals surface area contributed by atoms with E-state index in [1.165, 1.54) is 22.8 Å². The number of hydrogen-bond acceptors (Lipinski definition) is 4. The van der Waals surface area contributed by atoms with Gasteiger partial charge in [-0.3, -0.25) is 11.3 Å². The van der Waals surface area contributed by atoms with Crippen molar-refractivity contribution in [1.29, 1.82) is 0 Å². The van der Waals surface area contributed by atoms with Crippen LogP contribution in [0.25, 0.3) is 0 Å². The summed E-state index contributed by atoms with van der Waals surface area (Å²) >= 11 is 4.09. The SMILES string of the molecule is NNC(Cc1ccccc1)C1CSCCS1. The molecule has 2 atom stereocenters. The zero-order chi connectivity index (χ0) is 11.2. The second kappa shape index (κ2) is 6.55. The van der Waals surface area contributed by atoms with Crippen molar-refractivity contribution in [3.05, 3.63) is 35.9 Å². The van der Waals surface area contributed by atoms with Crippen molar-refractivity contribution in [3.63, 3.8) is 0 Å². The molecule has 88 valence electrons. The van der Waals surface area contributed by atoms with Crippen LogP contribution in [0.1, 0.15) is 5.56 Å². The predicted octanol–water partition coefficient (Wildman–Crippen LogP) is 1.91. The van der Waals surface area contributed by atoms with Gasteiger partial charge in [0.05, 0.1) is 0 Å². The maximum absolute atomic E-state index is 5.68. The first kappa shape index (κ1) is 12.3. The van der Waals surface area contributed by atoms with Gasteiger partial charge in [-0.25, -0.2) is 0 Å². The summed E-state index contributed by atoms with van der Waals surface area (Å²) in [4.78, 5) is 0. The largest absolute Gasteiger partial charge is 0.271 e. The van der Waals surface area contributed by atoms with Crippen LogP contribution < -0.4 is 11.3 Å². The van der Waals surface area contributed by atoms with Crippen molar-refractivity contribution in [2.45, 2.75) is 17.7 Å². The van der Waals surface area contributed by atoms with Gasteiger partial charge in [-0.1, -0.05) is 30.3 Å². The smallest absolute Gasteiger partial charge is 0.0377 e. The van der Waals surface area contributed by atoms with Crippen molar-refractivity contribution in [2.24, 2.45) is 5.84 Å². The van der Waals surface area contributed by atoms with E-state index in [1.54, 1.807) is 0 Å². The highest BCUT2D eigenvalue weighted by molar-refractivity contribution is 8.06. The molecule has 0 amide bonds. The Kier molecular flexibility index (Phi) is 5.03. The quantitative estimate of drug-likeness (QED) is 0.636. The Balaban J connectivity index is 1.94. The molecule has 1 aliphatic heterocycles. The van der Waals surface area contributed by atoms with E-state index in [4.69, 9.17) is 5.84 Å². The van der Waals surface area contributed by atoms with Crippen LogP contribution in [0.4, 0.5) is 0 Å². The highest BCUT2D eigenvalue weighted by atomic mass is 32.2. The summed E-state index contributed by atoms with van der Waals surface area (Å²) in [7, 11) is 0. The molecule has 2 unspecified atom stereocenters. The van der Waals surface area contributed by atoms with E-state index in [0.29, 0.717) is 11.3 Å². The Morgan fingerprint density at radius 2 is 2.12 bits per heavy atom. The molecule has 3 N–H and O–H groups in total. The summed E-state index contributed by atoms with van der Waals surface area (Å²) in [5, 5.41) is 0.643. The summed E-state index contributed by atoms with van der Waals surface area (Å²) in [6, 6.07) is 11.0. The van der Waals surface area contributed by atoms with Crippen molar-refractivity contribution in [3.8, 4) is 0 Å². The third-order valence-corrected chi connectivity index (χ3v) is 5.72. The fourth-order valence-corrected chi connectivity index (χ4v) is 4.78. The summed E-state index contributed by atoms with van der Waals surface area (Å²) < 4.78 is 0. The van der Waals surface area contributed by atoms with Crippen LogP contribution in [0.3, 0.4) is 0 Å². The second-order valence-electron chi connectivity index (χ2n) is 3.95. The lowest BCUT2D eigenvalue weighted by Gasteiger charge is -2.29. The van der Waals surface area contributed by atoms with Crippen molar-refractivity contribution < 1.29 is 0 Å². The number of thioether (sulfide) groups is 2. The molecule has 1 aromatic carbocycles. The number of benzene rings is 1. The van der Waals surface area contributed by atoms with Gasteiger partial charge in [-0.05, 0) is 12.0 Å². The highest BCUT2D eigenvalue weighted by Crippen LogP contribution is 2.27. The third kappa shape index (κ3) is 3.42. The van der Waals surface area contributed by atoms with E-state index in [1.807, 2.05) is 11.8 Å². The van der Waals surface area contributed by atoms with Crippen LogP contribution in [0.15, 0.2) is 30.3 Å². The number of rotatable bonds is 4. The molecule has 1 aliphatic rings. The van der Waals surface area contributed by atoms with Gasteiger partial charge in [0.25, 0.3) is 0 Å². The zero-order valence-corrected chi connectivity index (χ0v) is 10.9. The van der Waals surface area contributed by atoms with Gasteiger partial charge in [0.2, 0.25) is 0 Å². The van der Waals surface area contributed by atoms with Crippen molar-refractivity contribution in [1.82, 2.24) is 5.43 Å². The van der Waals surface area contributed by atoms with Crippen LogP contribution in [0.2, 0.25) is 0 Å². The summed E-state index contributed by atoms with van der Waals surface area (Å²) in [6.45, 7) is 0. The number of hydrogen-bond donors (Lipinski definition) is 2. The van der Waals surface area contributed by atoms with Crippen LogP contribution in [-0.2, 0) is 6.42 Å². The van der Waals surface area contributed by atoms with E-state index in [9.17, 15) is 0 Å². The molecular formula is C12H18N2S2. The van der Waals surface area contributed by atoms with Gasteiger partial charge in [-0.2, -0.15) is 23.5 Å². The average Bonchev–Trinajstić information content (AvgIpc) is 2.38. The molecule has 0 spiro atoms. The fourth-order valence-electron chi connectivity index (χ4n) is 1.90. The monoisotopic (exact) mass is 254 g/mol. The Morgan fingerprint density at radius 1 is 1.31 bits per heavy atom. The topological polar surface area (TPSA) is 38.0 Å². The number of hydrazine groups is 1. The Morgan fingerprint density at radius 3 is 2.75 bits per heavy atom. The minimum absolute atomic E-state index is 0.389. The van der Waals surface area contributed by atoms with E-state index in [2.05, 4.69) is 47.5 Å². The van der Waals surface area contributed by atoms with E-state index < -0.39 is 0 Å². The van der Waals surface area contributed by atoms with Crippen LogP contribution in [0, 0.1) is 0 Å². The van der Waals surface area contributed by atoms with Gasteiger partial charge in [0.1, 0.15) is 0 Å². The lowest BCUT2D eigenvalue weighted by atomic mass is 10.0. The highest BCUT2D eigenvalue weighted by Gasteiger charge is 2.23. The maximum Gasteiger partial charge on any atom is 0.0377 e. The predicted molar refractivity (Wildman–Crippen MR) is 74.8 cm³/mol. The summed E-state index contributed by atoms with van der Waals surface area (Å²) in [6.07, 6.45) is 1.02. The molecule has 16 heavy (non-hydrogen) atoms. The number of nitrogens with two attached hydrogens (primary N) is 1. The summed E-state index contributed by atoms with van der Waals surface area (Å²) in [5.41, 5.74) is 4.35.